The van der Waals surface area contributed by atoms with Crippen molar-refractivity contribution in [2.75, 3.05) is 13.2 Å². The minimum atomic E-state index is -0.845. The molecule has 0 aliphatic carbocycles. The maximum Gasteiger partial charge on any atom is 0.305 e. The van der Waals surface area contributed by atoms with Crippen LogP contribution in [-0.2, 0) is 14.3 Å². The molecule has 0 fully saturated rings. The van der Waals surface area contributed by atoms with Gasteiger partial charge < -0.3 is 20.3 Å². The normalized spacial score (nSPS) is 12.7. The van der Waals surface area contributed by atoms with Gasteiger partial charge in [-0.1, -0.05) is 352 Å². The molecule has 484 valence electrons. The summed E-state index contributed by atoms with van der Waals surface area (Å²) in [5.74, 6) is -0.0550. The number of carbonyl (C=O) groups is 2. The topological polar surface area (TPSA) is 95.9 Å². The molecule has 0 radical (unpaired) electrons. The first-order valence-electron chi connectivity index (χ1n) is 37.3. The maximum atomic E-state index is 12.5. The predicted molar refractivity (Wildman–Crippen MR) is 361 cm³/mol. The molecule has 3 N–H and O–H groups in total. The standard InChI is InChI=1S/C76H145NO5/c1-3-5-7-9-11-13-15-17-18-19-20-21-30-33-36-39-42-45-48-52-56-60-64-68-74(79)73(72-78)77-75(80)69-65-61-57-53-49-46-43-40-37-34-31-28-26-24-22-23-25-27-29-32-35-38-41-44-47-51-55-59-63-67-71-82-76(81)70-66-62-58-54-50-16-14-12-10-8-6-4-2/h12,14,23,25,64,68,73-74,78-79H,3-11,13,15-22,24,26-63,65-67,69-72H2,1-2H3,(H,77,80)/b14-12-,25-23-,68-64+. The van der Waals surface area contributed by atoms with Crippen LogP contribution in [0.5, 0.6) is 0 Å². The van der Waals surface area contributed by atoms with Crippen molar-refractivity contribution >= 4 is 11.9 Å². The van der Waals surface area contributed by atoms with Gasteiger partial charge in [-0.25, -0.2) is 0 Å². The number of hydrogen-bond donors (Lipinski definition) is 3. The van der Waals surface area contributed by atoms with Crippen LogP contribution >= 0.6 is 0 Å². The van der Waals surface area contributed by atoms with E-state index in [4.69, 9.17) is 4.74 Å². The van der Waals surface area contributed by atoms with Gasteiger partial charge in [0.1, 0.15) is 0 Å². The average molecular weight is 1150 g/mol. The highest BCUT2D eigenvalue weighted by Crippen LogP contribution is 2.19. The molecule has 6 nitrogen and oxygen atoms in total. The molecular weight excluding hydrogens is 1010 g/mol. The molecule has 0 aliphatic heterocycles. The Bertz CT molecular complexity index is 1330. The van der Waals surface area contributed by atoms with Crippen LogP contribution in [0.25, 0.3) is 0 Å². The Morgan fingerprint density at radius 3 is 0.890 bits per heavy atom. The number of rotatable bonds is 70. The molecule has 0 saturated heterocycles. The lowest BCUT2D eigenvalue weighted by atomic mass is 10.0. The van der Waals surface area contributed by atoms with Crippen LogP contribution in [0.15, 0.2) is 36.5 Å². The monoisotopic (exact) mass is 1150 g/mol. The van der Waals surface area contributed by atoms with E-state index < -0.39 is 12.1 Å². The van der Waals surface area contributed by atoms with Gasteiger partial charge in [0, 0.05) is 12.8 Å². The zero-order chi connectivity index (χ0) is 59.2. The van der Waals surface area contributed by atoms with E-state index in [1.165, 1.54) is 340 Å². The molecule has 6 heteroatoms. The minimum Gasteiger partial charge on any atom is -0.466 e. The summed E-state index contributed by atoms with van der Waals surface area (Å²) >= 11 is 0. The highest BCUT2D eigenvalue weighted by Gasteiger charge is 2.18. The lowest BCUT2D eigenvalue weighted by Gasteiger charge is -2.20. The molecule has 0 aromatic carbocycles. The summed E-state index contributed by atoms with van der Waals surface area (Å²) in [6.45, 7) is 4.92. The lowest BCUT2D eigenvalue weighted by Crippen LogP contribution is -2.45. The fourth-order valence-electron chi connectivity index (χ4n) is 11.7. The highest BCUT2D eigenvalue weighted by atomic mass is 16.5. The smallest absolute Gasteiger partial charge is 0.305 e. The van der Waals surface area contributed by atoms with Crippen molar-refractivity contribution in [3.63, 3.8) is 0 Å². The SMILES string of the molecule is CCCCC/C=C\CCCCCCCC(=O)OCCCCCCCCCCCCCC/C=C\CCCCCCCCCCCCCCCCC(=O)NC(CO)C(O)/C=C/CCCCCCCCCCCCCCCCCCCCCCC. The average Bonchev–Trinajstić information content (AvgIpc) is 3.48. The molecule has 1 amide bonds. The third kappa shape index (κ3) is 67.2. The van der Waals surface area contributed by atoms with Gasteiger partial charge >= 0.3 is 5.97 Å². The van der Waals surface area contributed by atoms with E-state index in [0.29, 0.717) is 19.4 Å². The molecule has 0 heterocycles. The van der Waals surface area contributed by atoms with E-state index in [0.717, 1.165) is 44.9 Å². The van der Waals surface area contributed by atoms with Crippen molar-refractivity contribution in [3.8, 4) is 0 Å². The van der Waals surface area contributed by atoms with Gasteiger partial charge in [0.05, 0.1) is 25.4 Å². The molecule has 0 saturated carbocycles. The quantitative estimate of drug-likeness (QED) is 0.0320. The number of nitrogens with one attached hydrogen (secondary N) is 1. The molecule has 0 aromatic rings. The van der Waals surface area contributed by atoms with E-state index in [1.54, 1.807) is 6.08 Å². The molecule has 0 rings (SSSR count). The van der Waals surface area contributed by atoms with Crippen LogP contribution in [0.3, 0.4) is 0 Å². The van der Waals surface area contributed by atoms with Crippen molar-refractivity contribution in [1.82, 2.24) is 5.32 Å². The first-order valence-corrected chi connectivity index (χ1v) is 37.3. The van der Waals surface area contributed by atoms with Crippen LogP contribution in [0.1, 0.15) is 412 Å². The van der Waals surface area contributed by atoms with Gasteiger partial charge in [0.25, 0.3) is 0 Å². The van der Waals surface area contributed by atoms with E-state index in [9.17, 15) is 19.8 Å². The Balaban J connectivity index is 3.40. The Kier molecular flexibility index (Phi) is 69.9. The van der Waals surface area contributed by atoms with Crippen LogP contribution in [0.2, 0.25) is 0 Å². The Morgan fingerprint density at radius 2 is 0.573 bits per heavy atom. The van der Waals surface area contributed by atoms with E-state index in [1.807, 2.05) is 6.08 Å². The van der Waals surface area contributed by atoms with Gasteiger partial charge in [0.2, 0.25) is 5.91 Å². The van der Waals surface area contributed by atoms with E-state index >= 15 is 0 Å². The number of aliphatic hydroxyl groups is 2. The van der Waals surface area contributed by atoms with Crippen LogP contribution in [0, 0.1) is 0 Å². The zero-order valence-electron chi connectivity index (χ0n) is 55.5. The van der Waals surface area contributed by atoms with Gasteiger partial charge in [0.15, 0.2) is 0 Å². The maximum absolute atomic E-state index is 12.5. The zero-order valence-corrected chi connectivity index (χ0v) is 55.5. The van der Waals surface area contributed by atoms with E-state index in [-0.39, 0.29) is 18.5 Å². The molecule has 0 bridgehead atoms. The molecule has 2 atom stereocenters. The summed E-state index contributed by atoms with van der Waals surface area (Å²) < 4.78 is 5.47. The largest absolute Gasteiger partial charge is 0.466 e. The predicted octanol–water partition coefficient (Wildman–Crippen LogP) is 24.3. The third-order valence-electron chi connectivity index (χ3n) is 17.4. The third-order valence-corrected chi connectivity index (χ3v) is 17.4. The van der Waals surface area contributed by atoms with Gasteiger partial charge in [-0.05, 0) is 83.5 Å². The fraction of sp³-hybridized carbons (Fsp3) is 0.895. The highest BCUT2D eigenvalue weighted by molar-refractivity contribution is 5.76. The van der Waals surface area contributed by atoms with Crippen molar-refractivity contribution in [2.24, 2.45) is 0 Å². The summed E-state index contributed by atoms with van der Waals surface area (Å²) in [6, 6.07) is -0.628. The first kappa shape index (κ1) is 80.1. The Hall–Kier alpha value is -1.92. The van der Waals surface area contributed by atoms with Gasteiger partial charge in [-0.15, -0.1) is 0 Å². The summed E-state index contributed by atoms with van der Waals surface area (Å²) in [4.78, 5) is 24.6. The number of amides is 1. The minimum absolute atomic E-state index is 0.00713. The molecule has 0 aliphatic rings. The second kappa shape index (κ2) is 71.6. The van der Waals surface area contributed by atoms with Crippen LogP contribution < -0.4 is 5.32 Å². The fourth-order valence-corrected chi connectivity index (χ4v) is 11.7. The summed E-state index contributed by atoms with van der Waals surface area (Å²) in [5, 5.41) is 23.3. The molecule has 0 spiro atoms. The Labute approximate surface area is 513 Å². The van der Waals surface area contributed by atoms with E-state index in [2.05, 4.69) is 43.5 Å². The number of hydrogen-bond acceptors (Lipinski definition) is 5. The number of esters is 1. The van der Waals surface area contributed by atoms with Crippen molar-refractivity contribution in [2.45, 2.75) is 424 Å². The van der Waals surface area contributed by atoms with Crippen LogP contribution in [-0.4, -0.2) is 47.4 Å². The second-order valence-corrected chi connectivity index (χ2v) is 25.6. The number of ether oxygens (including phenoxy) is 1. The summed E-state index contributed by atoms with van der Waals surface area (Å²) in [6.07, 6.45) is 92.4. The molecule has 0 aromatic heterocycles. The van der Waals surface area contributed by atoms with Gasteiger partial charge in [-0.3, -0.25) is 9.59 Å². The molecule has 2 unspecified atom stereocenters. The number of carbonyl (C=O) groups excluding carboxylic acids is 2. The number of aliphatic hydroxyl groups excluding tert-OH is 2. The van der Waals surface area contributed by atoms with Crippen molar-refractivity contribution in [3.05, 3.63) is 36.5 Å². The lowest BCUT2D eigenvalue weighted by molar-refractivity contribution is -0.143. The molecule has 82 heavy (non-hydrogen) atoms. The second-order valence-electron chi connectivity index (χ2n) is 25.6. The number of allylic oxidation sites excluding steroid dienone is 5. The molecular formula is C76H145NO5. The number of unbranched alkanes of at least 4 members (excludes halogenated alkanes) is 55. The summed E-state index contributed by atoms with van der Waals surface area (Å²) in [7, 11) is 0. The summed E-state index contributed by atoms with van der Waals surface area (Å²) in [5.41, 5.74) is 0. The first-order chi connectivity index (χ1) is 40.5. The van der Waals surface area contributed by atoms with Crippen molar-refractivity contribution < 1.29 is 24.5 Å². The Morgan fingerprint density at radius 1 is 0.329 bits per heavy atom. The van der Waals surface area contributed by atoms with Crippen molar-refractivity contribution in [1.29, 1.82) is 0 Å². The van der Waals surface area contributed by atoms with Crippen LogP contribution in [0.4, 0.5) is 0 Å². The van der Waals surface area contributed by atoms with Gasteiger partial charge in [-0.2, -0.15) is 0 Å².